The second-order valence-electron chi connectivity index (χ2n) is 8.51. The highest BCUT2D eigenvalue weighted by atomic mass is 16.5. The first kappa shape index (κ1) is 24.9. The Bertz CT molecular complexity index is 1300. The van der Waals surface area contributed by atoms with E-state index in [-0.39, 0.29) is 30.8 Å². The number of rotatable bonds is 9. The lowest BCUT2D eigenvalue weighted by molar-refractivity contribution is -0.144. The summed E-state index contributed by atoms with van der Waals surface area (Å²) in [6, 6.07) is 11.9. The summed E-state index contributed by atoms with van der Waals surface area (Å²) < 4.78 is 10.8. The Kier molecular flexibility index (Phi) is 6.81. The van der Waals surface area contributed by atoms with Gasteiger partial charge in [-0.25, -0.2) is 0 Å². The predicted octanol–water partition coefficient (Wildman–Crippen LogP) is 3.31. The minimum absolute atomic E-state index is 0.0206. The molecule has 2 amide bonds. The van der Waals surface area contributed by atoms with Gasteiger partial charge in [0.15, 0.2) is 5.54 Å². The molecule has 4 rings (SSSR count). The number of likely N-dealkylation sites (tertiary alicyclic amines) is 1. The van der Waals surface area contributed by atoms with E-state index in [4.69, 9.17) is 9.47 Å². The summed E-state index contributed by atoms with van der Waals surface area (Å²) in [6.45, 7) is 9.73. The van der Waals surface area contributed by atoms with Crippen molar-refractivity contribution in [3.8, 4) is 5.75 Å². The van der Waals surface area contributed by atoms with Crippen molar-refractivity contribution in [3.05, 3.63) is 90.0 Å². The molecule has 1 fully saturated rings. The van der Waals surface area contributed by atoms with Crippen LogP contribution in [0.4, 0.5) is 5.69 Å². The van der Waals surface area contributed by atoms with Gasteiger partial charge in [-0.1, -0.05) is 36.9 Å². The molecule has 2 aromatic carbocycles. The van der Waals surface area contributed by atoms with E-state index in [0.29, 0.717) is 29.2 Å². The maximum absolute atomic E-state index is 14.1. The number of hydrogen-bond donors (Lipinski definition) is 1. The van der Waals surface area contributed by atoms with Crippen LogP contribution in [0.3, 0.4) is 0 Å². The third-order valence-corrected chi connectivity index (χ3v) is 6.44. The lowest BCUT2D eigenvalue weighted by Crippen LogP contribution is -2.52. The molecule has 0 saturated carbocycles. The normalized spacial score (nSPS) is 20.2. The number of aliphatic hydroxyl groups excluding tert-OH is 1. The largest absolute Gasteiger partial charge is 0.507 e. The van der Waals surface area contributed by atoms with E-state index in [1.54, 1.807) is 61.5 Å². The van der Waals surface area contributed by atoms with Gasteiger partial charge >= 0.3 is 0 Å². The number of Topliss-reactive ketones (excluding diaryl/α,β-unsaturated/α-hetero) is 1. The number of carbonyl (C=O) groups excluding carboxylic acids is 3. The Labute approximate surface area is 209 Å². The molecule has 1 spiro atoms. The van der Waals surface area contributed by atoms with Gasteiger partial charge in [-0.2, -0.15) is 0 Å². The first-order chi connectivity index (χ1) is 17.3. The molecule has 1 atom stereocenters. The lowest BCUT2D eigenvalue weighted by atomic mass is 9.81. The van der Waals surface area contributed by atoms with E-state index in [0.717, 1.165) is 0 Å². The van der Waals surface area contributed by atoms with Crippen molar-refractivity contribution in [2.75, 3.05) is 38.3 Å². The maximum Gasteiger partial charge on any atom is 0.296 e. The molecule has 186 valence electrons. The molecular weight excluding hydrogens is 460 g/mol. The Balaban J connectivity index is 1.99. The van der Waals surface area contributed by atoms with E-state index in [1.807, 2.05) is 0 Å². The van der Waals surface area contributed by atoms with Gasteiger partial charge in [0.05, 0.1) is 17.9 Å². The molecule has 0 bridgehead atoms. The average molecular weight is 489 g/mol. The van der Waals surface area contributed by atoms with Crippen molar-refractivity contribution in [3.63, 3.8) is 0 Å². The number of ether oxygens (including phenoxy) is 2. The third-order valence-electron chi connectivity index (χ3n) is 6.44. The van der Waals surface area contributed by atoms with Gasteiger partial charge in [0.2, 0.25) is 0 Å². The molecule has 0 radical (unpaired) electrons. The first-order valence-electron chi connectivity index (χ1n) is 11.5. The number of benzene rings is 2. The van der Waals surface area contributed by atoms with Crippen LogP contribution in [0.2, 0.25) is 0 Å². The minimum Gasteiger partial charge on any atom is -0.507 e. The summed E-state index contributed by atoms with van der Waals surface area (Å²) in [5.74, 6) is -2.17. The molecule has 0 unspecified atom stereocenters. The molecule has 2 aliphatic rings. The zero-order valence-electron chi connectivity index (χ0n) is 20.3. The highest BCUT2D eigenvalue weighted by Crippen LogP contribution is 2.53. The summed E-state index contributed by atoms with van der Waals surface area (Å²) in [4.78, 5) is 43.6. The van der Waals surface area contributed by atoms with Gasteiger partial charge in [-0.3, -0.25) is 14.4 Å². The standard InChI is InChI=1S/C28H28N2O6/c1-5-13-29-21-10-8-7-9-20(21)28(27(29)34)23(25(32)26(33)30(28)14-16-35-4)24(31)19-11-12-22(18(3)17-19)36-15-6-2/h5-12,17,31H,1-2,13-16H2,3-4H3/t28-/m1/s1. The number of hydrogen-bond acceptors (Lipinski definition) is 6. The second-order valence-corrected chi connectivity index (χ2v) is 8.51. The summed E-state index contributed by atoms with van der Waals surface area (Å²) in [7, 11) is 1.47. The molecule has 0 aromatic heterocycles. The highest BCUT2D eigenvalue weighted by molar-refractivity contribution is 6.50. The zero-order chi connectivity index (χ0) is 26.0. The fourth-order valence-corrected chi connectivity index (χ4v) is 4.91. The van der Waals surface area contributed by atoms with Gasteiger partial charge in [0.25, 0.3) is 17.6 Å². The van der Waals surface area contributed by atoms with E-state index in [9.17, 15) is 19.5 Å². The van der Waals surface area contributed by atoms with Crippen LogP contribution in [0, 0.1) is 6.92 Å². The molecule has 36 heavy (non-hydrogen) atoms. The van der Waals surface area contributed by atoms with E-state index in [1.165, 1.54) is 16.9 Å². The number of carbonyl (C=O) groups is 3. The van der Waals surface area contributed by atoms with Crippen LogP contribution in [-0.4, -0.2) is 61.0 Å². The molecule has 0 aliphatic carbocycles. The number of fused-ring (bicyclic) bond motifs is 2. The topological polar surface area (TPSA) is 96.4 Å². The second kappa shape index (κ2) is 9.83. The molecule has 2 heterocycles. The average Bonchev–Trinajstić information content (AvgIpc) is 3.25. The summed E-state index contributed by atoms with van der Waals surface area (Å²) in [6.07, 6.45) is 3.19. The fourth-order valence-electron chi connectivity index (χ4n) is 4.91. The molecule has 8 nitrogen and oxygen atoms in total. The van der Waals surface area contributed by atoms with Gasteiger partial charge in [0.1, 0.15) is 18.1 Å². The molecular formula is C28H28N2O6. The fraction of sp³-hybridized carbons (Fsp3) is 0.250. The molecule has 8 heteroatoms. The minimum atomic E-state index is -1.83. The number of nitrogens with zero attached hydrogens (tertiary/aromatic N) is 2. The summed E-state index contributed by atoms with van der Waals surface area (Å²) in [5.41, 5.74) is -0.127. The van der Waals surface area contributed by atoms with E-state index in [2.05, 4.69) is 13.2 Å². The van der Waals surface area contributed by atoms with Crippen LogP contribution in [0.1, 0.15) is 16.7 Å². The molecule has 1 saturated heterocycles. The smallest absolute Gasteiger partial charge is 0.296 e. The SMILES string of the molecule is C=CCOc1ccc(C(O)=C2C(=O)C(=O)N(CCOC)[C@@]23C(=O)N(CC=C)c2ccccc23)cc1C. The van der Waals surface area contributed by atoms with E-state index >= 15 is 0 Å². The Morgan fingerprint density at radius 3 is 2.53 bits per heavy atom. The summed E-state index contributed by atoms with van der Waals surface area (Å²) >= 11 is 0. The van der Waals surface area contributed by atoms with Crippen molar-refractivity contribution in [2.24, 2.45) is 0 Å². The number of aryl methyl sites for hydroxylation is 1. The van der Waals surface area contributed by atoms with Crippen LogP contribution >= 0.6 is 0 Å². The van der Waals surface area contributed by atoms with Gasteiger partial charge < -0.3 is 24.4 Å². The molecule has 1 N–H and O–H groups in total. The number of ketones is 1. The van der Waals surface area contributed by atoms with Crippen molar-refractivity contribution < 1.29 is 29.0 Å². The van der Waals surface area contributed by atoms with Crippen LogP contribution in [0.5, 0.6) is 5.75 Å². The number of methoxy groups -OCH3 is 1. The van der Waals surface area contributed by atoms with Crippen molar-refractivity contribution in [2.45, 2.75) is 12.5 Å². The Morgan fingerprint density at radius 2 is 1.86 bits per heavy atom. The zero-order valence-corrected chi connectivity index (χ0v) is 20.3. The quantitative estimate of drug-likeness (QED) is 0.252. The number of aliphatic hydroxyl groups is 1. The van der Waals surface area contributed by atoms with Gasteiger partial charge in [-0.15, -0.1) is 6.58 Å². The maximum atomic E-state index is 14.1. The molecule has 2 aromatic rings. The summed E-state index contributed by atoms with van der Waals surface area (Å²) in [5, 5.41) is 11.5. The lowest BCUT2D eigenvalue weighted by Gasteiger charge is -2.34. The first-order valence-corrected chi connectivity index (χ1v) is 11.5. The van der Waals surface area contributed by atoms with Crippen LogP contribution in [-0.2, 0) is 24.7 Å². The Hall–Kier alpha value is -4.17. The number of para-hydroxylation sites is 1. The van der Waals surface area contributed by atoms with Crippen LogP contribution in [0.15, 0.2) is 73.3 Å². The third kappa shape index (κ3) is 3.61. The van der Waals surface area contributed by atoms with Gasteiger partial charge in [0, 0.05) is 31.3 Å². The number of amides is 2. The van der Waals surface area contributed by atoms with E-state index < -0.39 is 28.9 Å². The Morgan fingerprint density at radius 1 is 1.11 bits per heavy atom. The van der Waals surface area contributed by atoms with Crippen molar-refractivity contribution >= 4 is 29.0 Å². The predicted molar refractivity (Wildman–Crippen MR) is 136 cm³/mol. The molecule has 2 aliphatic heterocycles. The highest BCUT2D eigenvalue weighted by Gasteiger charge is 2.66. The van der Waals surface area contributed by atoms with Crippen molar-refractivity contribution in [1.82, 2.24) is 4.90 Å². The van der Waals surface area contributed by atoms with Crippen molar-refractivity contribution in [1.29, 1.82) is 0 Å². The van der Waals surface area contributed by atoms with Gasteiger partial charge in [-0.05, 0) is 36.8 Å². The number of anilines is 1. The monoisotopic (exact) mass is 488 g/mol. The van der Waals surface area contributed by atoms with Crippen LogP contribution < -0.4 is 9.64 Å². The van der Waals surface area contributed by atoms with Crippen LogP contribution in [0.25, 0.3) is 5.76 Å².